The predicted octanol–water partition coefficient (Wildman–Crippen LogP) is 4.65. The molecule has 0 radical (unpaired) electrons. The Morgan fingerprint density at radius 3 is 2.67 bits per heavy atom. The van der Waals surface area contributed by atoms with Gasteiger partial charge in [0.05, 0.1) is 0 Å². The first-order chi connectivity index (χ1) is 10.2. The minimum absolute atomic E-state index is 0.390. The van der Waals surface area contributed by atoms with Crippen LogP contribution in [0, 0.1) is 0 Å². The molecule has 1 atom stereocenters. The summed E-state index contributed by atoms with van der Waals surface area (Å²) < 4.78 is 0. The molecule has 1 unspecified atom stereocenters. The van der Waals surface area contributed by atoms with Crippen molar-refractivity contribution in [3.63, 3.8) is 0 Å². The van der Waals surface area contributed by atoms with Crippen LogP contribution in [0.2, 0.25) is 5.02 Å². The van der Waals surface area contributed by atoms with Gasteiger partial charge in [-0.05, 0) is 50.6 Å². The van der Waals surface area contributed by atoms with E-state index in [-0.39, 0.29) is 0 Å². The van der Waals surface area contributed by atoms with E-state index in [2.05, 4.69) is 29.3 Å². The Bertz CT molecular complexity index is 415. The molecule has 1 aliphatic rings. The van der Waals surface area contributed by atoms with E-state index in [9.17, 15) is 0 Å². The maximum Gasteiger partial charge on any atom is 0.0409 e. The molecule has 0 aromatic heterocycles. The van der Waals surface area contributed by atoms with Crippen LogP contribution in [0.4, 0.5) is 0 Å². The molecule has 0 aliphatic heterocycles. The Morgan fingerprint density at radius 2 is 2.05 bits per heavy atom. The summed E-state index contributed by atoms with van der Waals surface area (Å²) in [6, 6.07) is 9.43. The first kappa shape index (κ1) is 16.8. The average molecular weight is 309 g/mol. The second-order valence-electron chi connectivity index (χ2n) is 6.11. The molecule has 118 valence electrons. The molecule has 1 saturated carbocycles. The third-order valence-electron chi connectivity index (χ3n) is 4.80. The van der Waals surface area contributed by atoms with Crippen molar-refractivity contribution in [2.24, 2.45) is 0 Å². The lowest BCUT2D eigenvalue weighted by Gasteiger charge is -2.34. The van der Waals surface area contributed by atoms with Gasteiger partial charge in [-0.3, -0.25) is 0 Å². The molecule has 1 aromatic carbocycles. The van der Waals surface area contributed by atoms with Crippen molar-refractivity contribution in [3.8, 4) is 0 Å². The van der Waals surface area contributed by atoms with Crippen LogP contribution in [0.1, 0.15) is 57.1 Å². The van der Waals surface area contributed by atoms with Gasteiger partial charge in [-0.1, -0.05) is 49.9 Å². The second kappa shape index (κ2) is 8.77. The van der Waals surface area contributed by atoms with Gasteiger partial charge in [0, 0.05) is 23.7 Å². The van der Waals surface area contributed by atoms with Crippen LogP contribution in [-0.2, 0) is 0 Å². The van der Waals surface area contributed by atoms with E-state index in [0.29, 0.717) is 6.04 Å². The van der Waals surface area contributed by atoms with Gasteiger partial charge in [-0.25, -0.2) is 0 Å². The van der Waals surface area contributed by atoms with E-state index in [1.165, 1.54) is 44.2 Å². The Hall–Kier alpha value is -0.570. The van der Waals surface area contributed by atoms with Gasteiger partial charge in [-0.15, -0.1) is 0 Å². The lowest BCUT2D eigenvalue weighted by molar-refractivity contribution is 0.157. The lowest BCUT2D eigenvalue weighted by Crippen LogP contribution is -2.38. The molecule has 1 aromatic rings. The zero-order valence-electron chi connectivity index (χ0n) is 13.4. The molecule has 2 nitrogen and oxygen atoms in total. The first-order valence-corrected chi connectivity index (χ1v) is 8.79. The van der Waals surface area contributed by atoms with E-state index >= 15 is 0 Å². The smallest absolute Gasteiger partial charge is 0.0409 e. The zero-order valence-corrected chi connectivity index (χ0v) is 14.2. The number of hydrogen-bond acceptors (Lipinski definition) is 2. The third kappa shape index (κ3) is 4.98. The van der Waals surface area contributed by atoms with E-state index in [1.54, 1.807) is 0 Å². The van der Waals surface area contributed by atoms with Crippen molar-refractivity contribution in [3.05, 3.63) is 34.9 Å². The summed E-state index contributed by atoms with van der Waals surface area (Å²) >= 11 is 6.12. The Labute approximate surface area is 134 Å². The van der Waals surface area contributed by atoms with E-state index in [1.807, 2.05) is 19.2 Å². The van der Waals surface area contributed by atoms with E-state index in [4.69, 9.17) is 11.6 Å². The van der Waals surface area contributed by atoms with Gasteiger partial charge in [0.1, 0.15) is 0 Å². The molecule has 0 saturated heterocycles. The number of hydrogen-bond donors (Lipinski definition) is 1. The van der Waals surface area contributed by atoms with Crippen LogP contribution in [0.15, 0.2) is 24.3 Å². The summed E-state index contributed by atoms with van der Waals surface area (Å²) in [5, 5.41) is 4.27. The van der Waals surface area contributed by atoms with Gasteiger partial charge < -0.3 is 10.2 Å². The van der Waals surface area contributed by atoms with Crippen LogP contribution in [-0.4, -0.2) is 31.1 Å². The fourth-order valence-corrected chi connectivity index (χ4v) is 3.74. The van der Waals surface area contributed by atoms with Crippen molar-refractivity contribution in [2.75, 3.05) is 20.1 Å². The number of nitrogens with one attached hydrogen (secondary N) is 1. The molecular formula is C18H29ClN2. The first-order valence-electron chi connectivity index (χ1n) is 8.41. The summed E-state index contributed by atoms with van der Waals surface area (Å²) in [6.45, 7) is 4.62. The average Bonchev–Trinajstić information content (AvgIpc) is 2.52. The molecule has 0 bridgehead atoms. The van der Waals surface area contributed by atoms with Gasteiger partial charge in [0.15, 0.2) is 0 Å². The Balaban J connectivity index is 1.91. The van der Waals surface area contributed by atoms with Crippen molar-refractivity contribution in [2.45, 2.75) is 57.5 Å². The van der Waals surface area contributed by atoms with E-state index in [0.717, 1.165) is 24.0 Å². The lowest BCUT2D eigenvalue weighted by atomic mass is 9.93. The van der Waals surface area contributed by atoms with Crippen LogP contribution < -0.4 is 5.32 Å². The van der Waals surface area contributed by atoms with Crippen molar-refractivity contribution in [1.82, 2.24) is 10.2 Å². The zero-order chi connectivity index (χ0) is 15.1. The molecule has 1 fully saturated rings. The highest BCUT2D eigenvalue weighted by Crippen LogP contribution is 2.25. The van der Waals surface area contributed by atoms with Gasteiger partial charge in [0.2, 0.25) is 0 Å². The van der Waals surface area contributed by atoms with Gasteiger partial charge in [0.25, 0.3) is 0 Å². The summed E-state index contributed by atoms with van der Waals surface area (Å²) in [5.41, 5.74) is 1.30. The number of halogens is 1. The highest BCUT2D eigenvalue weighted by atomic mass is 35.5. The largest absolute Gasteiger partial charge is 0.313 e. The van der Waals surface area contributed by atoms with Crippen molar-refractivity contribution < 1.29 is 0 Å². The van der Waals surface area contributed by atoms with Crippen LogP contribution in [0.25, 0.3) is 0 Å². The van der Waals surface area contributed by atoms with Crippen molar-refractivity contribution >= 4 is 11.6 Å². The molecule has 0 heterocycles. The maximum absolute atomic E-state index is 6.12. The molecule has 0 amide bonds. The summed E-state index contributed by atoms with van der Waals surface area (Å²) in [7, 11) is 2.04. The quantitative estimate of drug-likeness (QED) is 0.789. The predicted molar refractivity (Wildman–Crippen MR) is 92.0 cm³/mol. The summed E-state index contributed by atoms with van der Waals surface area (Å²) in [6.07, 6.45) is 8.15. The van der Waals surface area contributed by atoms with Crippen LogP contribution in [0.3, 0.4) is 0 Å². The van der Waals surface area contributed by atoms with E-state index < -0.39 is 0 Å². The normalized spacial score (nSPS) is 18.1. The fourth-order valence-electron chi connectivity index (χ4n) is 3.54. The molecule has 21 heavy (non-hydrogen) atoms. The molecule has 1 N–H and O–H groups in total. The fraction of sp³-hybridized carbons (Fsp3) is 0.667. The highest BCUT2D eigenvalue weighted by molar-refractivity contribution is 6.30. The SMILES string of the molecule is CCN(CCC(NC)c1cccc(Cl)c1)C1CCCCC1. The minimum atomic E-state index is 0.390. The summed E-state index contributed by atoms with van der Waals surface area (Å²) in [4.78, 5) is 2.67. The Kier molecular flexibility index (Phi) is 7.01. The second-order valence-corrected chi connectivity index (χ2v) is 6.54. The standard InChI is InChI=1S/C18H29ClN2/c1-3-21(17-10-5-4-6-11-17)13-12-18(20-2)15-8-7-9-16(19)14-15/h7-9,14,17-18,20H,3-6,10-13H2,1-2H3. The number of benzene rings is 1. The Morgan fingerprint density at radius 1 is 1.29 bits per heavy atom. The van der Waals surface area contributed by atoms with Crippen LogP contribution >= 0.6 is 11.6 Å². The molecule has 2 rings (SSSR count). The third-order valence-corrected chi connectivity index (χ3v) is 5.04. The highest BCUT2D eigenvalue weighted by Gasteiger charge is 2.20. The number of rotatable bonds is 7. The topological polar surface area (TPSA) is 15.3 Å². The number of nitrogens with zero attached hydrogens (tertiary/aromatic N) is 1. The monoisotopic (exact) mass is 308 g/mol. The van der Waals surface area contributed by atoms with Crippen LogP contribution in [0.5, 0.6) is 0 Å². The van der Waals surface area contributed by atoms with Gasteiger partial charge in [-0.2, -0.15) is 0 Å². The minimum Gasteiger partial charge on any atom is -0.313 e. The molecule has 0 spiro atoms. The summed E-state index contributed by atoms with van der Waals surface area (Å²) in [5.74, 6) is 0. The molecule has 3 heteroatoms. The molecular weight excluding hydrogens is 280 g/mol. The maximum atomic E-state index is 6.12. The van der Waals surface area contributed by atoms with Crippen molar-refractivity contribution in [1.29, 1.82) is 0 Å². The van der Waals surface area contributed by atoms with Gasteiger partial charge >= 0.3 is 0 Å². The molecule has 1 aliphatic carbocycles.